The number of ether oxygens (including phenoxy) is 1. The number of amides is 1. The van der Waals surface area contributed by atoms with Gasteiger partial charge < -0.3 is 19.2 Å². The number of imidazole rings is 1. The molecule has 3 heterocycles. The van der Waals surface area contributed by atoms with Crippen molar-refractivity contribution in [3.8, 4) is 5.88 Å². The number of nitrogens with one attached hydrogen (secondary N) is 1. The summed E-state index contributed by atoms with van der Waals surface area (Å²) in [4.78, 5) is 28.0. The first-order chi connectivity index (χ1) is 10.1. The summed E-state index contributed by atoms with van der Waals surface area (Å²) < 4.78 is 6.40. The second kappa shape index (κ2) is 5.04. The molecule has 1 N–H and O–H groups in total. The average molecular weight is 289 g/mol. The lowest BCUT2D eigenvalue weighted by Crippen LogP contribution is -2.36. The number of aromatic amines is 1. The predicted octanol–water partition coefficient (Wildman–Crippen LogP) is -0.289. The Labute approximate surface area is 120 Å². The summed E-state index contributed by atoms with van der Waals surface area (Å²) in [5.74, 6) is 0.227. The quantitative estimate of drug-likeness (QED) is 0.820. The molecule has 0 saturated carbocycles. The van der Waals surface area contributed by atoms with Crippen LogP contribution in [-0.4, -0.2) is 44.2 Å². The van der Waals surface area contributed by atoms with E-state index in [0.717, 1.165) is 11.3 Å². The molecular weight excluding hydrogens is 274 g/mol. The maximum atomic E-state index is 12.4. The average Bonchev–Trinajstić information content (AvgIpc) is 2.84. The Morgan fingerprint density at radius 2 is 2.24 bits per heavy atom. The number of aryl methyl sites for hydroxylation is 1. The summed E-state index contributed by atoms with van der Waals surface area (Å²) >= 11 is 0. The van der Waals surface area contributed by atoms with Gasteiger partial charge in [0.05, 0.1) is 12.8 Å². The minimum atomic E-state index is -0.303. The number of rotatable bonds is 2. The van der Waals surface area contributed by atoms with Crippen molar-refractivity contribution in [3.05, 3.63) is 39.7 Å². The van der Waals surface area contributed by atoms with Crippen molar-refractivity contribution in [1.29, 1.82) is 0 Å². The topological polar surface area (TPSA) is 93.1 Å². The lowest BCUT2D eigenvalue weighted by Gasteiger charge is -2.27. The molecule has 0 fully saturated rings. The molecule has 0 bridgehead atoms. The summed E-state index contributed by atoms with van der Waals surface area (Å²) in [5, 5.41) is 8.03. The third-order valence-electron chi connectivity index (χ3n) is 3.53. The van der Waals surface area contributed by atoms with Crippen molar-refractivity contribution >= 4 is 5.91 Å². The van der Waals surface area contributed by atoms with E-state index >= 15 is 0 Å². The number of aromatic nitrogens is 4. The third kappa shape index (κ3) is 2.39. The molecular formula is C13H15N5O3. The fourth-order valence-corrected chi connectivity index (χ4v) is 2.35. The Kier molecular flexibility index (Phi) is 3.20. The van der Waals surface area contributed by atoms with Crippen LogP contribution in [0.5, 0.6) is 5.88 Å². The minimum absolute atomic E-state index is 0.200. The van der Waals surface area contributed by atoms with Gasteiger partial charge in [-0.15, -0.1) is 5.10 Å². The monoisotopic (exact) mass is 289 g/mol. The Bertz CT molecular complexity index is 749. The summed E-state index contributed by atoms with van der Waals surface area (Å²) in [6.07, 6.45) is 2.14. The van der Waals surface area contributed by atoms with E-state index in [0.29, 0.717) is 31.1 Å². The van der Waals surface area contributed by atoms with Crippen LogP contribution in [0.25, 0.3) is 0 Å². The van der Waals surface area contributed by atoms with Gasteiger partial charge in [0.1, 0.15) is 5.69 Å². The fraction of sp³-hybridized carbons (Fsp3) is 0.385. The van der Waals surface area contributed by atoms with Gasteiger partial charge in [0.25, 0.3) is 5.91 Å². The number of H-pyrrole nitrogens is 1. The van der Waals surface area contributed by atoms with Crippen LogP contribution in [0.4, 0.5) is 0 Å². The van der Waals surface area contributed by atoms with E-state index in [1.165, 1.54) is 17.9 Å². The fourth-order valence-electron chi connectivity index (χ4n) is 2.35. The zero-order valence-corrected chi connectivity index (χ0v) is 11.8. The summed E-state index contributed by atoms with van der Waals surface area (Å²) in [6, 6.07) is 1.79. The van der Waals surface area contributed by atoms with Crippen molar-refractivity contribution < 1.29 is 9.53 Å². The van der Waals surface area contributed by atoms with Gasteiger partial charge in [-0.1, -0.05) is 0 Å². The summed E-state index contributed by atoms with van der Waals surface area (Å²) in [6.45, 7) is 0.973. The number of carbonyl (C=O) groups is 1. The number of nitrogens with zero attached hydrogens (tertiary/aromatic N) is 4. The first kappa shape index (κ1) is 13.3. The zero-order chi connectivity index (χ0) is 15.0. The molecule has 2 aromatic rings. The highest BCUT2D eigenvalue weighted by atomic mass is 16.5. The molecule has 1 aliphatic rings. The molecule has 0 aliphatic carbocycles. The minimum Gasteiger partial charge on any atom is -0.480 e. The van der Waals surface area contributed by atoms with Crippen molar-refractivity contribution in [2.45, 2.75) is 13.0 Å². The highest BCUT2D eigenvalue weighted by Gasteiger charge is 2.24. The number of hydrogen-bond acceptors (Lipinski definition) is 5. The van der Waals surface area contributed by atoms with Crippen LogP contribution in [0.15, 0.2) is 17.1 Å². The van der Waals surface area contributed by atoms with E-state index in [-0.39, 0.29) is 11.6 Å². The molecule has 1 amide bonds. The molecule has 0 saturated heterocycles. The Balaban J connectivity index is 1.85. The lowest BCUT2D eigenvalue weighted by molar-refractivity contribution is 0.0727. The van der Waals surface area contributed by atoms with Crippen molar-refractivity contribution in [2.24, 2.45) is 7.05 Å². The van der Waals surface area contributed by atoms with Crippen LogP contribution < -0.4 is 10.4 Å². The molecule has 0 atom stereocenters. The van der Waals surface area contributed by atoms with Crippen LogP contribution in [0.2, 0.25) is 0 Å². The number of hydrogen-bond donors (Lipinski definition) is 1. The van der Waals surface area contributed by atoms with E-state index in [2.05, 4.69) is 15.2 Å². The second-order valence-electron chi connectivity index (χ2n) is 4.92. The maximum Gasteiger partial charge on any atom is 0.325 e. The Morgan fingerprint density at radius 3 is 2.90 bits per heavy atom. The lowest BCUT2D eigenvalue weighted by atomic mass is 10.1. The van der Waals surface area contributed by atoms with Gasteiger partial charge in [-0.3, -0.25) is 4.79 Å². The van der Waals surface area contributed by atoms with Crippen LogP contribution in [-0.2, 0) is 20.0 Å². The van der Waals surface area contributed by atoms with Crippen molar-refractivity contribution in [1.82, 2.24) is 24.6 Å². The SMILES string of the molecule is COc1cc2c(nn1)CCN(C(=O)c1cn(C)c(=O)[nH]1)C2. The van der Waals surface area contributed by atoms with Crippen LogP contribution in [0.1, 0.15) is 21.7 Å². The van der Waals surface area contributed by atoms with Crippen molar-refractivity contribution in [2.75, 3.05) is 13.7 Å². The highest BCUT2D eigenvalue weighted by Crippen LogP contribution is 2.20. The molecule has 8 nitrogen and oxygen atoms in total. The van der Waals surface area contributed by atoms with Gasteiger partial charge in [-0.05, 0) is 0 Å². The molecule has 8 heteroatoms. The maximum absolute atomic E-state index is 12.4. The van der Waals surface area contributed by atoms with Crippen LogP contribution in [0, 0.1) is 0 Å². The van der Waals surface area contributed by atoms with E-state index in [4.69, 9.17) is 4.74 Å². The Hall–Kier alpha value is -2.64. The molecule has 2 aromatic heterocycles. The van der Waals surface area contributed by atoms with Crippen LogP contribution in [0.3, 0.4) is 0 Å². The molecule has 0 aromatic carbocycles. The van der Waals surface area contributed by atoms with Crippen molar-refractivity contribution in [3.63, 3.8) is 0 Å². The van der Waals surface area contributed by atoms with Gasteiger partial charge in [-0.2, -0.15) is 5.10 Å². The molecule has 0 radical (unpaired) electrons. The number of fused-ring (bicyclic) bond motifs is 1. The molecule has 1 aliphatic heterocycles. The van der Waals surface area contributed by atoms with Gasteiger partial charge in [0, 0.05) is 44.4 Å². The first-order valence-corrected chi connectivity index (χ1v) is 6.53. The van der Waals surface area contributed by atoms with E-state index < -0.39 is 0 Å². The molecule has 21 heavy (non-hydrogen) atoms. The molecule has 3 rings (SSSR count). The van der Waals surface area contributed by atoms with Gasteiger partial charge in [-0.25, -0.2) is 4.79 Å². The third-order valence-corrected chi connectivity index (χ3v) is 3.53. The standard InChI is InChI=1S/C13H15N5O3/c1-17-7-10(14-13(17)20)12(19)18-4-3-9-8(6-18)5-11(21-2)16-15-9/h5,7H,3-4,6H2,1-2H3,(H,14,20). The normalized spacial score (nSPS) is 13.9. The summed E-state index contributed by atoms with van der Waals surface area (Å²) in [5.41, 5.74) is 1.78. The van der Waals surface area contributed by atoms with E-state index in [1.54, 1.807) is 18.0 Å². The van der Waals surface area contributed by atoms with Gasteiger partial charge in [0.2, 0.25) is 5.88 Å². The molecule has 110 valence electrons. The molecule has 0 unspecified atom stereocenters. The predicted molar refractivity (Wildman–Crippen MR) is 73.1 cm³/mol. The van der Waals surface area contributed by atoms with Gasteiger partial charge >= 0.3 is 5.69 Å². The first-order valence-electron chi connectivity index (χ1n) is 6.53. The van der Waals surface area contributed by atoms with E-state index in [1.807, 2.05) is 0 Å². The second-order valence-corrected chi connectivity index (χ2v) is 4.92. The summed E-state index contributed by atoms with van der Waals surface area (Å²) in [7, 11) is 3.12. The number of carbonyl (C=O) groups excluding carboxylic acids is 1. The largest absolute Gasteiger partial charge is 0.480 e. The Morgan fingerprint density at radius 1 is 1.43 bits per heavy atom. The molecule has 0 spiro atoms. The van der Waals surface area contributed by atoms with Crippen LogP contribution >= 0.6 is 0 Å². The van der Waals surface area contributed by atoms with E-state index in [9.17, 15) is 9.59 Å². The zero-order valence-electron chi connectivity index (χ0n) is 11.8. The highest BCUT2D eigenvalue weighted by molar-refractivity contribution is 5.92. The van der Waals surface area contributed by atoms with Gasteiger partial charge in [0.15, 0.2) is 0 Å². The smallest absolute Gasteiger partial charge is 0.325 e. The number of methoxy groups -OCH3 is 1.